The first-order valence-electron chi connectivity index (χ1n) is 4.47. The average Bonchev–Trinajstić information content (AvgIpc) is 1.98. The molecule has 2 N–H and O–H groups in total. The molecule has 0 bridgehead atoms. The van der Waals surface area contributed by atoms with Crippen molar-refractivity contribution in [3.8, 4) is 0 Å². The number of carboxylic acids is 1. The Morgan fingerprint density at radius 2 is 1.73 bits per heavy atom. The van der Waals surface area contributed by atoms with E-state index in [2.05, 4.69) is 6.58 Å². The largest absolute Gasteiger partial charge is 0.478 e. The number of nitrogens with zero attached hydrogens (tertiary/aromatic N) is 1. The molecular formula is C10H22ClNO3. The lowest BCUT2D eigenvalue weighted by atomic mass is 10.1. The summed E-state index contributed by atoms with van der Waals surface area (Å²) in [5.41, 5.74) is 0.154. The van der Waals surface area contributed by atoms with Gasteiger partial charge in [-0.25, -0.2) is 4.79 Å². The van der Waals surface area contributed by atoms with Crippen LogP contribution in [0, 0.1) is 0 Å². The van der Waals surface area contributed by atoms with Crippen molar-refractivity contribution in [1.29, 1.82) is 0 Å². The summed E-state index contributed by atoms with van der Waals surface area (Å²) in [4.78, 5) is 12.1. The van der Waals surface area contributed by atoms with Crippen molar-refractivity contribution in [2.24, 2.45) is 0 Å². The minimum Gasteiger partial charge on any atom is -0.478 e. The molecule has 5 heteroatoms. The van der Waals surface area contributed by atoms with Gasteiger partial charge in [0.25, 0.3) is 0 Å². The summed E-state index contributed by atoms with van der Waals surface area (Å²) in [6.07, 6.45) is 0.370. The highest BCUT2D eigenvalue weighted by Crippen LogP contribution is 2.04. The second kappa shape index (κ2) is 11.5. The zero-order valence-corrected chi connectivity index (χ0v) is 10.7. The summed E-state index contributed by atoms with van der Waals surface area (Å²) in [5.74, 6) is -0.986. The van der Waals surface area contributed by atoms with Crippen LogP contribution in [0.15, 0.2) is 12.2 Å². The van der Waals surface area contributed by atoms with Crippen LogP contribution in [0.2, 0.25) is 0 Å². The van der Waals surface area contributed by atoms with Gasteiger partial charge in [-0.1, -0.05) is 6.58 Å². The highest BCUT2D eigenvalue weighted by Gasteiger charge is 2.04. The summed E-state index contributed by atoms with van der Waals surface area (Å²) in [5, 5.41) is 17.1. The van der Waals surface area contributed by atoms with Gasteiger partial charge < -0.3 is 15.1 Å². The monoisotopic (exact) mass is 239 g/mol. The van der Waals surface area contributed by atoms with E-state index in [1.54, 1.807) is 6.92 Å². The van der Waals surface area contributed by atoms with Gasteiger partial charge in [-0.15, -0.1) is 12.4 Å². The maximum absolute atomic E-state index is 10.1. The Morgan fingerprint density at radius 3 is 1.93 bits per heavy atom. The predicted octanol–water partition coefficient (Wildman–Crippen LogP) is 1.39. The lowest BCUT2D eigenvalue weighted by molar-refractivity contribution is -0.132. The fourth-order valence-corrected chi connectivity index (χ4v) is 0.490. The molecular weight excluding hydrogens is 218 g/mol. The van der Waals surface area contributed by atoms with Crippen LogP contribution in [0.1, 0.15) is 19.8 Å². The molecule has 0 aromatic rings. The highest BCUT2D eigenvalue weighted by molar-refractivity contribution is 5.85. The minimum absolute atomic E-state index is 0. The highest BCUT2D eigenvalue weighted by atomic mass is 35.5. The van der Waals surface area contributed by atoms with Gasteiger partial charge in [-0.3, -0.25) is 0 Å². The average molecular weight is 240 g/mol. The van der Waals surface area contributed by atoms with Crippen molar-refractivity contribution >= 4 is 18.4 Å². The topological polar surface area (TPSA) is 60.8 Å². The number of aliphatic hydroxyl groups excluding tert-OH is 1. The molecule has 0 amide bonds. The van der Waals surface area contributed by atoms with Crippen molar-refractivity contribution < 1.29 is 15.0 Å². The van der Waals surface area contributed by atoms with Crippen LogP contribution >= 0.6 is 12.4 Å². The van der Waals surface area contributed by atoms with E-state index < -0.39 is 12.1 Å². The predicted molar refractivity (Wildman–Crippen MR) is 64.5 cm³/mol. The molecule has 15 heavy (non-hydrogen) atoms. The van der Waals surface area contributed by atoms with Crippen molar-refractivity contribution in [1.82, 2.24) is 4.90 Å². The van der Waals surface area contributed by atoms with Crippen molar-refractivity contribution in [3.63, 3.8) is 0 Å². The number of hydrogen-bond acceptors (Lipinski definition) is 3. The second-order valence-corrected chi connectivity index (χ2v) is 3.64. The van der Waals surface area contributed by atoms with Crippen molar-refractivity contribution in [2.75, 3.05) is 21.1 Å². The molecule has 0 heterocycles. The summed E-state index contributed by atoms with van der Waals surface area (Å²) >= 11 is 0. The van der Waals surface area contributed by atoms with Crippen LogP contribution in [0.25, 0.3) is 0 Å². The van der Waals surface area contributed by atoms with Gasteiger partial charge in [0, 0.05) is 5.57 Å². The van der Waals surface area contributed by atoms with Gasteiger partial charge in [0.2, 0.25) is 0 Å². The smallest absolute Gasteiger partial charge is 0.330 e. The Balaban J connectivity index is -0.000000249. The lowest BCUT2D eigenvalue weighted by Gasteiger charge is -2.01. The van der Waals surface area contributed by atoms with Gasteiger partial charge in [-0.05, 0) is 40.9 Å². The molecule has 0 aliphatic heterocycles. The van der Waals surface area contributed by atoms with E-state index in [0.29, 0.717) is 12.8 Å². The van der Waals surface area contributed by atoms with Gasteiger partial charge in [0.05, 0.1) is 6.10 Å². The third-order valence-corrected chi connectivity index (χ3v) is 1.17. The molecule has 92 valence electrons. The first-order chi connectivity index (χ1) is 6.27. The summed E-state index contributed by atoms with van der Waals surface area (Å²) in [6.45, 7) is 4.94. The van der Waals surface area contributed by atoms with Crippen LogP contribution in [-0.2, 0) is 4.79 Å². The van der Waals surface area contributed by atoms with Crippen LogP contribution in [-0.4, -0.2) is 48.3 Å². The minimum atomic E-state index is -0.986. The van der Waals surface area contributed by atoms with Gasteiger partial charge in [0.15, 0.2) is 0 Å². The third kappa shape index (κ3) is 24.7. The molecule has 0 aliphatic carbocycles. The molecule has 1 unspecified atom stereocenters. The van der Waals surface area contributed by atoms with Gasteiger partial charge >= 0.3 is 5.97 Å². The standard InChI is InChI=1S/C7H12O3.C3H9N.ClH/c1-5(7(9)10)3-4-6(2)8;1-4(2)3;/h6,8H,1,3-4H2,2H3,(H,9,10);1-3H3;1H. The van der Waals surface area contributed by atoms with Crippen molar-refractivity contribution in [3.05, 3.63) is 12.2 Å². The van der Waals surface area contributed by atoms with Crippen LogP contribution in [0.5, 0.6) is 0 Å². The quantitative estimate of drug-likeness (QED) is 0.728. The maximum Gasteiger partial charge on any atom is 0.330 e. The first kappa shape index (κ1) is 19.9. The number of carboxylic acid groups (broad SMARTS) is 1. The number of carbonyl (C=O) groups is 1. The summed E-state index contributed by atoms with van der Waals surface area (Å²) in [7, 11) is 6.00. The van der Waals surface area contributed by atoms with E-state index in [1.165, 1.54) is 0 Å². The summed E-state index contributed by atoms with van der Waals surface area (Å²) in [6, 6.07) is 0. The molecule has 0 fully saturated rings. The number of rotatable bonds is 4. The molecule has 4 nitrogen and oxygen atoms in total. The number of aliphatic carboxylic acids is 1. The van der Waals surface area contributed by atoms with Crippen LogP contribution in [0.4, 0.5) is 0 Å². The Morgan fingerprint density at radius 1 is 1.40 bits per heavy atom. The third-order valence-electron chi connectivity index (χ3n) is 1.17. The zero-order valence-electron chi connectivity index (χ0n) is 9.86. The lowest BCUT2D eigenvalue weighted by Crippen LogP contribution is -2.04. The maximum atomic E-state index is 10.1. The van der Waals surface area contributed by atoms with Gasteiger partial charge in [-0.2, -0.15) is 0 Å². The van der Waals surface area contributed by atoms with Crippen LogP contribution in [0.3, 0.4) is 0 Å². The SMILES string of the molecule is C=C(CCC(C)O)C(=O)O.CN(C)C.Cl. The fraction of sp³-hybridized carbons (Fsp3) is 0.700. The Labute approximate surface area is 98.0 Å². The van der Waals surface area contributed by atoms with E-state index in [4.69, 9.17) is 10.2 Å². The Kier molecular flexibility index (Phi) is 15.3. The van der Waals surface area contributed by atoms with E-state index in [1.807, 2.05) is 26.0 Å². The molecule has 0 aromatic heterocycles. The van der Waals surface area contributed by atoms with Crippen molar-refractivity contribution in [2.45, 2.75) is 25.9 Å². The molecule has 1 atom stereocenters. The Hall–Kier alpha value is -0.580. The second-order valence-electron chi connectivity index (χ2n) is 3.64. The van der Waals surface area contributed by atoms with E-state index in [-0.39, 0.29) is 18.0 Å². The first-order valence-corrected chi connectivity index (χ1v) is 4.47. The normalized spacial score (nSPS) is 10.8. The molecule has 0 rings (SSSR count). The van der Waals surface area contributed by atoms with E-state index >= 15 is 0 Å². The molecule has 0 spiro atoms. The molecule has 0 radical (unpaired) electrons. The zero-order chi connectivity index (χ0) is 11.7. The molecule has 0 aliphatic rings. The Bertz CT molecular complexity index is 179. The van der Waals surface area contributed by atoms with E-state index in [0.717, 1.165) is 0 Å². The van der Waals surface area contributed by atoms with E-state index in [9.17, 15) is 4.79 Å². The number of aliphatic hydroxyl groups is 1. The van der Waals surface area contributed by atoms with Gasteiger partial charge in [0.1, 0.15) is 0 Å². The van der Waals surface area contributed by atoms with Crippen LogP contribution < -0.4 is 0 Å². The number of halogens is 1. The molecule has 0 saturated heterocycles. The molecule has 0 aromatic carbocycles. The fourth-order valence-electron chi connectivity index (χ4n) is 0.490. The molecule has 0 saturated carbocycles. The number of hydrogen-bond donors (Lipinski definition) is 2. The summed E-state index contributed by atoms with van der Waals surface area (Å²) < 4.78 is 0.